The Bertz CT molecular complexity index is 814. The molecule has 3 heteroatoms. The largest absolute Gasteiger partial charge is 0.305 e. The smallest absolute Gasteiger partial charge is 0.137 e. The minimum atomic E-state index is 0.975. The van der Waals surface area contributed by atoms with Crippen molar-refractivity contribution in [3.63, 3.8) is 0 Å². The van der Waals surface area contributed by atoms with Crippen molar-refractivity contribution in [2.24, 2.45) is 0 Å². The third kappa shape index (κ3) is 1.73. The molecule has 0 N–H and O–H groups in total. The van der Waals surface area contributed by atoms with Gasteiger partial charge in [0.25, 0.3) is 0 Å². The molecule has 1 aromatic carbocycles. The van der Waals surface area contributed by atoms with E-state index in [0.717, 1.165) is 22.2 Å². The van der Waals surface area contributed by atoms with Gasteiger partial charge in [0.2, 0.25) is 0 Å². The zero-order valence-corrected chi connectivity index (χ0v) is 11.8. The third-order valence-corrected chi connectivity index (χ3v) is 3.99. The topological polar surface area (TPSA) is 17.3 Å². The molecule has 0 saturated carbocycles. The van der Waals surface area contributed by atoms with E-state index in [9.17, 15) is 0 Å². The number of pyridine rings is 1. The van der Waals surface area contributed by atoms with Crippen molar-refractivity contribution in [3.05, 3.63) is 76.2 Å². The van der Waals surface area contributed by atoms with Crippen LogP contribution in [-0.4, -0.2) is 9.38 Å². The first kappa shape index (κ1) is 11.0. The maximum Gasteiger partial charge on any atom is 0.137 e. The molecule has 2 heterocycles. The van der Waals surface area contributed by atoms with Crippen LogP contribution in [0.3, 0.4) is 0 Å². The third-order valence-electron chi connectivity index (χ3n) is 3.52. The summed E-state index contributed by atoms with van der Waals surface area (Å²) in [6.07, 6.45) is 7.39. The minimum Gasteiger partial charge on any atom is -0.305 e. The SMILES string of the molecule is Brc1ccc2nc(C3=CCc4ccccc43)cn2c1. The van der Waals surface area contributed by atoms with Crippen molar-refractivity contribution in [1.29, 1.82) is 0 Å². The summed E-state index contributed by atoms with van der Waals surface area (Å²) in [6, 6.07) is 12.6. The number of halogens is 1. The number of rotatable bonds is 1. The number of hydrogen-bond acceptors (Lipinski definition) is 1. The lowest BCUT2D eigenvalue weighted by Gasteiger charge is -2.01. The second-order valence-corrected chi connectivity index (χ2v) is 5.63. The fourth-order valence-electron chi connectivity index (χ4n) is 2.62. The molecular formula is C16H11BrN2. The zero-order chi connectivity index (χ0) is 12.8. The van der Waals surface area contributed by atoms with E-state index in [-0.39, 0.29) is 0 Å². The molecule has 2 aromatic heterocycles. The van der Waals surface area contributed by atoms with E-state index >= 15 is 0 Å². The summed E-state index contributed by atoms with van der Waals surface area (Å²) in [7, 11) is 0. The molecule has 0 amide bonds. The van der Waals surface area contributed by atoms with Crippen molar-refractivity contribution in [2.75, 3.05) is 0 Å². The number of hydrogen-bond donors (Lipinski definition) is 0. The van der Waals surface area contributed by atoms with Crippen LogP contribution in [0.1, 0.15) is 16.8 Å². The van der Waals surface area contributed by atoms with Crippen LogP contribution in [0.4, 0.5) is 0 Å². The van der Waals surface area contributed by atoms with Gasteiger partial charge in [-0.2, -0.15) is 0 Å². The van der Waals surface area contributed by atoms with Crippen LogP contribution >= 0.6 is 15.9 Å². The van der Waals surface area contributed by atoms with E-state index in [0.29, 0.717) is 0 Å². The molecule has 0 radical (unpaired) electrons. The average Bonchev–Trinajstić information content (AvgIpc) is 3.00. The molecule has 92 valence electrons. The Morgan fingerprint density at radius 2 is 1.95 bits per heavy atom. The molecule has 3 aromatic rings. The average molecular weight is 311 g/mol. The van der Waals surface area contributed by atoms with Crippen LogP contribution < -0.4 is 0 Å². The molecular weight excluding hydrogens is 300 g/mol. The number of benzene rings is 1. The summed E-state index contributed by atoms with van der Waals surface area (Å²) >= 11 is 3.49. The second-order valence-electron chi connectivity index (χ2n) is 4.72. The summed E-state index contributed by atoms with van der Waals surface area (Å²) in [5.74, 6) is 0. The van der Waals surface area contributed by atoms with Crippen LogP contribution in [0.15, 0.2) is 59.3 Å². The van der Waals surface area contributed by atoms with Crippen LogP contribution in [0.25, 0.3) is 11.2 Å². The van der Waals surface area contributed by atoms with Crippen molar-refractivity contribution in [3.8, 4) is 0 Å². The second kappa shape index (κ2) is 4.07. The highest BCUT2D eigenvalue weighted by Crippen LogP contribution is 2.32. The zero-order valence-electron chi connectivity index (χ0n) is 10.2. The molecule has 1 aliphatic rings. The van der Waals surface area contributed by atoms with Gasteiger partial charge in [-0.15, -0.1) is 0 Å². The fourth-order valence-corrected chi connectivity index (χ4v) is 2.97. The van der Waals surface area contributed by atoms with E-state index in [1.165, 1.54) is 16.7 Å². The Kier molecular flexibility index (Phi) is 2.35. The van der Waals surface area contributed by atoms with Gasteiger partial charge in [-0.25, -0.2) is 4.98 Å². The maximum absolute atomic E-state index is 4.71. The minimum absolute atomic E-state index is 0.975. The number of fused-ring (bicyclic) bond motifs is 2. The monoisotopic (exact) mass is 310 g/mol. The first-order valence-corrected chi connectivity index (χ1v) is 7.04. The van der Waals surface area contributed by atoms with E-state index < -0.39 is 0 Å². The normalized spacial score (nSPS) is 13.6. The maximum atomic E-state index is 4.71. The molecule has 0 unspecified atom stereocenters. The standard InChI is InChI=1S/C16H11BrN2/c17-12-6-8-16-18-15(10-19(16)9-12)14-7-5-11-3-1-2-4-13(11)14/h1-4,6-10H,5H2. The van der Waals surface area contributed by atoms with Gasteiger partial charge < -0.3 is 4.40 Å². The Balaban J connectivity index is 1.88. The molecule has 1 aliphatic carbocycles. The molecule has 2 nitrogen and oxygen atoms in total. The van der Waals surface area contributed by atoms with Gasteiger partial charge in [0, 0.05) is 22.4 Å². The van der Waals surface area contributed by atoms with Gasteiger partial charge in [0.05, 0.1) is 5.69 Å². The van der Waals surface area contributed by atoms with Crippen molar-refractivity contribution in [1.82, 2.24) is 9.38 Å². The Morgan fingerprint density at radius 1 is 1.05 bits per heavy atom. The van der Waals surface area contributed by atoms with Gasteiger partial charge in [-0.05, 0) is 45.6 Å². The van der Waals surface area contributed by atoms with Crippen LogP contribution in [-0.2, 0) is 6.42 Å². The Hall–Kier alpha value is -1.87. The van der Waals surface area contributed by atoms with E-state index in [1.54, 1.807) is 0 Å². The van der Waals surface area contributed by atoms with Crippen molar-refractivity contribution in [2.45, 2.75) is 6.42 Å². The van der Waals surface area contributed by atoms with Crippen LogP contribution in [0.5, 0.6) is 0 Å². The lowest BCUT2D eigenvalue weighted by atomic mass is 10.0. The predicted octanol–water partition coefficient (Wildman–Crippen LogP) is 4.08. The van der Waals surface area contributed by atoms with Crippen LogP contribution in [0, 0.1) is 0 Å². The number of aromatic nitrogens is 2. The summed E-state index contributed by atoms with van der Waals surface area (Å²) in [5.41, 5.74) is 5.96. The fraction of sp³-hybridized carbons (Fsp3) is 0.0625. The molecule has 0 bridgehead atoms. The first-order chi connectivity index (χ1) is 9.31. The number of allylic oxidation sites excluding steroid dienone is 1. The predicted molar refractivity (Wildman–Crippen MR) is 80.1 cm³/mol. The van der Waals surface area contributed by atoms with E-state index in [4.69, 9.17) is 4.98 Å². The summed E-state index contributed by atoms with van der Waals surface area (Å²) in [5, 5.41) is 0. The Morgan fingerprint density at radius 3 is 2.89 bits per heavy atom. The highest BCUT2D eigenvalue weighted by Gasteiger charge is 2.17. The number of imidazole rings is 1. The van der Waals surface area contributed by atoms with Gasteiger partial charge in [0.15, 0.2) is 0 Å². The van der Waals surface area contributed by atoms with Crippen molar-refractivity contribution >= 4 is 27.2 Å². The van der Waals surface area contributed by atoms with Gasteiger partial charge in [-0.3, -0.25) is 0 Å². The van der Waals surface area contributed by atoms with Gasteiger partial charge in [0.1, 0.15) is 5.65 Å². The Labute approximate surface area is 119 Å². The molecule has 0 aliphatic heterocycles. The van der Waals surface area contributed by atoms with Gasteiger partial charge in [-0.1, -0.05) is 30.3 Å². The first-order valence-electron chi connectivity index (χ1n) is 6.24. The highest BCUT2D eigenvalue weighted by atomic mass is 79.9. The summed E-state index contributed by atoms with van der Waals surface area (Å²) in [4.78, 5) is 4.71. The van der Waals surface area contributed by atoms with Crippen molar-refractivity contribution < 1.29 is 0 Å². The quantitative estimate of drug-likeness (QED) is 0.662. The van der Waals surface area contributed by atoms with E-state index in [2.05, 4.69) is 56.9 Å². The summed E-state index contributed by atoms with van der Waals surface area (Å²) < 4.78 is 3.12. The molecule has 0 atom stereocenters. The molecule has 4 rings (SSSR count). The highest BCUT2D eigenvalue weighted by molar-refractivity contribution is 9.10. The number of nitrogens with zero attached hydrogens (tertiary/aromatic N) is 2. The van der Waals surface area contributed by atoms with Crippen LogP contribution in [0.2, 0.25) is 0 Å². The molecule has 0 fully saturated rings. The molecule has 0 saturated heterocycles. The lowest BCUT2D eigenvalue weighted by molar-refractivity contribution is 1.17. The van der Waals surface area contributed by atoms with E-state index in [1.807, 2.05) is 18.3 Å². The van der Waals surface area contributed by atoms with Gasteiger partial charge >= 0.3 is 0 Å². The summed E-state index contributed by atoms with van der Waals surface area (Å²) in [6.45, 7) is 0. The molecule has 19 heavy (non-hydrogen) atoms. The lowest BCUT2D eigenvalue weighted by Crippen LogP contribution is -1.86. The molecule has 0 spiro atoms.